The lowest BCUT2D eigenvalue weighted by Crippen LogP contribution is -2.24. The molecular formula is C13H13NO. The van der Waals surface area contributed by atoms with Gasteiger partial charge < -0.3 is 10.5 Å². The van der Waals surface area contributed by atoms with Gasteiger partial charge in [0.05, 0.1) is 6.04 Å². The van der Waals surface area contributed by atoms with Gasteiger partial charge in [0, 0.05) is 0 Å². The van der Waals surface area contributed by atoms with Crippen LogP contribution in [-0.4, -0.2) is 12.3 Å². The highest BCUT2D eigenvalue weighted by molar-refractivity contribution is 5.86. The van der Waals surface area contributed by atoms with Gasteiger partial charge in [-0.05, 0) is 22.8 Å². The van der Waals surface area contributed by atoms with Crippen molar-refractivity contribution >= 4 is 17.1 Å². The molecule has 0 aliphatic rings. The highest BCUT2D eigenvalue weighted by Gasteiger charge is 2.05. The predicted octanol–water partition coefficient (Wildman–Crippen LogP) is 1.91. The summed E-state index contributed by atoms with van der Waals surface area (Å²) in [6, 6.07) is 13.8. The number of rotatable bonds is 3. The first-order valence-corrected chi connectivity index (χ1v) is 4.99. The van der Waals surface area contributed by atoms with Crippen molar-refractivity contribution < 1.29 is 4.79 Å². The number of hydrogen-bond acceptors (Lipinski definition) is 2. The van der Waals surface area contributed by atoms with Crippen LogP contribution in [0.15, 0.2) is 42.5 Å². The third-order valence-electron chi connectivity index (χ3n) is 2.51. The average molecular weight is 199 g/mol. The number of carbonyl (C=O) groups is 1. The zero-order valence-electron chi connectivity index (χ0n) is 8.39. The van der Waals surface area contributed by atoms with Crippen molar-refractivity contribution in [2.24, 2.45) is 5.73 Å². The highest BCUT2D eigenvalue weighted by atomic mass is 16.1. The van der Waals surface area contributed by atoms with E-state index in [0.29, 0.717) is 6.42 Å². The quantitative estimate of drug-likeness (QED) is 0.767. The standard InChI is InChI=1S/C13H13NO/c14-12(9-15)8-11-6-3-5-10-4-1-2-7-13(10)11/h1-7,9,12H,8,14H2/t12-/m1/s1. The first kappa shape index (κ1) is 9.87. The van der Waals surface area contributed by atoms with E-state index < -0.39 is 6.04 Å². The van der Waals surface area contributed by atoms with Gasteiger partial charge in [-0.25, -0.2) is 0 Å². The Morgan fingerprint density at radius 1 is 1.13 bits per heavy atom. The summed E-state index contributed by atoms with van der Waals surface area (Å²) in [5, 5.41) is 2.37. The fraction of sp³-hybridized carbons (Fsp3) is 0.154. The van der Waals surface area contributed by atoms with Gasteiger partial charge in [0.2, 0.25) is 0 Å². The maximum atomic E-state index is 10.5. The molecule has 2 nitrogen and oxygen atoms in total. The highest BCUT2D eigenvalue weighted by Crippen LogP contribution is 2.19. The summed E-state index contributed by atoms with van der Waals surface area (Å²) < 4.78 is 0. The van der Waals surface area contributed by atoms with E-state index in [1.54, 1.807) is 0 Å². The van der Waals surface area contributed by atoms with Gasteiger partial charge in [0.25, 0.3) is 0 Å². The summed E-state index contributed by atoms with van der Waals surface area (Å²) in [4.78, 5) is 10.5. The molecule has 0 aliphatic carbocycles. The van der Waals surface area contributed by atoms with Crippen molar-refractivity contribution in [3.8, 4) is 0 Å². The molecule has 0 saturated heterocycles. The Labute approximate surface area is 88.7 Å². The summed E-state index contributed by atoms with van der Waals surface area (Å²) in [5.74, 6) is 0. The molecule has 2 aromatic rings. The molecule has 76 valence electrons. The van der Waals surface area contributed by atoms with Crippen molar-refractivity contribution in [3.05, 3.63) is 48.0 Å². The van der Waals surface area contributed by atoms with Crippen LogP contribution in [-0.2, 0) is 11.2 Å². The number of nitrogens with two attached hydrogens (primary N) is 1. The summed E-state index contributed by atoms with van der Waals surface area (Å²) in [6.07, 6.45) is 1.40. The van der Waals surface area contributed by atoms with E-state index in [2.05, 4.69) is 18.2 Å². The van der Waals surface area contributed by atoms with Crippen molar-refractivity contribution in [3.63, 3.8) is 0 Å². The van der Waals surface area contributed by atoms with Crippen LogP contribution in [0.2, 0.25) is 0 Å². The molecule has 0 unspecified atom stereocenters. The lowest BCUT2D eigenvalue weighted by atomic mass is 10.00. The molecule has 0 aliphatic heterocycles. The minimum Gasteiger partial charge on any atom is -0.321 e. The largest absolute Gasteiger partial charge is 0.321 e. The molecule has 1 atom stereocenters. The second-order valence-corrected chi connectivity index (χ2v) is 3.64. The molecule has 0 heterocycles. The minimum atomic E-state index is -0.407. The molecule has 0 fully saturated rings. The Balaban J connectivity index is 2.46. The van der Waals surface area contributed by atoms with Crippen LogP contribution in [0.25, 0.3) is 10.8 Å². The molecule has 0 amide bonds. The van der Waals surface area contributed by atoms with E-state index in [4.69, 9.17) is 5.73 Å². The van der Waals surface area contributed by atoms with Crippen molar-refractivity contribution in [2.75, 3.05) is 0 Å². The first-order chi connectivity index (χ1) is 7.31. The van der Waals surface area contributed by atoms with E-state index in [1.165, 1.54) is 10.8 Å². The van der Waals surface area contributed by atoms with Gasteiger partial charge in [-0.1, -0.05) is 42.5 Å². The van der Waals surface area contributed by atoms with Crippen molar-refractivity contribution in [2.45, 2.75) is 12.5 Å². The topological polar surface area (TPSA) is 43.1 Å². The molecule has 2 heteroatoms. The smallest absolute Gasteiger partial charge is 0.137 e. The maximum absolute atomic E-state index is 10.5. The van der Waals surface area contributed by atoms with Crippen LogP contribution in [0.5, 0.6) is 0 Å². The Hall–Kier alpha value is -1.67. The molecule has 2 rings (SSSR count). The van der Waals surface area contributed by atoms with Crippen molar-refractivity contribution in [1.29, 1.82) is 0 Å². The summed E-state index contributed by atoms with van der Waals surface area (Å²) >= 11 is 0. The van der Waals surface area contributed by atoms with E-state index in [1.807, 2.05) is 24.3 Å². The summed E-state index contributed by atoms with van der Waals surface area (Å²) in [6.45, 7) is 0. The Morgan fingerprint density at radius 3 is 2.67 bits per heavy atom. The number of carbonyl (C=O) groups excluding carboxylic acids is 1. The number of benzene rings is 2. The Kier molecular flexibility index (Phi) is 2.79. The van der Waals surface area contributed by atoms with Crippen LogP contribution in [0.1, 0.15) is 5.56 Å². The maximum Gasteiger partial charge on any atom is 0.137 e. The molecule has 2 aromatic carbocycles. The van der Waals surface area contributed by atoms with Gasteiger partial charge in [0.1, 0.15) is 6.29 Å². The van der Waals surface area contributed by atoms with Crippen molar-refractivity contribution in [1.82, 2.24) is 0 Å². The molecular weight excluding hydrogens is 186 g/mol. The third-order valence-corrected chi connectivity index (χ3v) is 2.51. The van der Waals surface area contributed by atoms with Gasteiger partial charge in [-0.2, -0.15) is 0 Å². The van der Waals surface area contributed by atoms with E-state index in [0.717, 1.165) is 11.8 Å². The number of hydrogen-bond donors (Lipinski definition) is 1. The average Bonchev–Trinajstić information content (AvgIpc) is 2.29. The molecule has 0 aromatic heterocycles. The monoisotopic (exact) mass is 199 g/mol. The fourth-order valence-corrected chi connectivity index (χ4v) is 1.77. The van der Waals surface area contributed by atoms with Crippen LogP contribution in [0.3, 0.4) is 0 Å². The number of fused-ring (bicyclic) bond motifs is 1. The van der Waals surface area contributed by atoms with Crippen LogP contribution < -0.4 is 5.73 Å². The second-order valence-electron chi connectivity index (χ2n) is 3.64. The molecule has 0 spiro atoms. The van der Waals surface area contributed by atoms with E-state index in [9.17, 15) is 4.79 Å². The van der Waals surface area contributed by atoms with Crippen LogP contribution >= 0.6 is 0 Å². The first-order valence-electron chi connectivity index (χ1n) is 4.99. The third kappa shape index (κ3) is 2.05. The Bertz CT molecular complexity index is 473. The van der Waals surface area contributed by atoms with Crippen LogP contribution in [0.4, 0.5) is 0 Å². The minimum absolute atomic E-state index is 0.407. The summed E-state index contributed by atoms with van der Waals surface area (Å²) in [5.41, 5.74) is 6.76. The molecule has 2 N–H and O–H groups in total. The molecule has 0 bridgehead atoms. The zero-order chi connectivity index (χ0) is 10.7. The van der Waals surface area contributed by atoms with E-state index in [-0.39, 0.29) is 0 Å². The predicted molar refractivity (Wildman–Crippen MR) is 61.7 cm³/mol. The molecule has 0 radical (unpaired) electrons. The van der Waals surface area contributed by atoms with Gasteiger partial charge in [0.15, 0.2) is 0 Å². The molecule has 0 saturated carbocycles. The lowest BCUT2D eigenvalue weighted by molar-refractivity contribution is -0.108. The second kappa shape index (κ2) is 4.24. The molecule has 15 heavy (non-hydrogen) atoms. The van der Waals surface area contributed by atoms with E-state index >= 15 is 0 Å². The SMILES string of the molecule is N[C@@H](C=O)Cc1cccc2ccccc12. The Morgan fingerprint density at radius 2 is 1.87 bits per heavy atom. The normalized spacial score (nSPS) is 12.6. The lowest BCUT2D eigenvalue weighted by Gasteiger charge is -2.07. The summed E-state index contributed by atoms with van der Waals surface area (Å²) in [7, 11) is 0. The fourth-order valence-electron chi connectivity index (χ4n) is 1.77. The van der Waals surface area contributed by atoms with Gasteiger partial charge >= 0.3 is 0 Å². The van der Waals surface area contributed by atoms with Gasteiger partial charge in [-0.3, -0.25) is 0 Å². The van der Waals surface area contributed by atoms with Crippen LogP contribution in [0, 0.1) is 0 Å². The number of aldehydes is 1. The zero-order valence-corrected chi connectivity index (χ0v) is 8.39. The van der Waals surface area contributed by atoms with Gasteiger partial charge in [-0.15, -0.1) is 0 Å².